The summed E-state index contributed by atoms with van der Waals surface area (Å²) < 4.78 is 0. The van der Waals surface area contributed by atoms with E-state index in [2.05, 4.69) is 23.6 Å². The zero-order valence-corrected chi connectivity index (χ0v) is 12.2. The Morgan fingerprint density at radius 1 is 1.53 bits per heavy atom. The molecule has 0 bridgehead atoms. The Bertz CT molecular complexity index is 447. The second-order valence-electron chi connectivity index (χ2n) is 4.73. The van der Waals surface area contributed by atoms with Crippen LogP contribution in [0.25, 0.3) is 0 Å². The first-order valence-corrected chi connectivity index (χ1v) is 7.97. The summed E-state index contributed by atoms with van der Waals surface area (Å²) in [5.41, 5.74) is 1.76. The molecule has 1 aliphatic heterocycles. The Labute approximate surface area is 119 Å². The lowest BCUT2D eigenvalue weighted by Crippen LogP contribution is -2.24. The van der Waals surface area contributed by atoms with Crippen LogP contribution in [0.1, 0.15) is 31.7 Å². The van der Waals surface area contributed by atoms with Gasteiger partial charge in [0.2, 0.25) is 0 Å². The molecule has 4 heteroatoms. The topological polar surface area (TPSA) is 47.8 Å². The molecule has 1 aromatic rings. The molecular formula is C15H21N3S. The number of nitriles is 1. The third-order valence-corrected chi connectivity index (χ3v) is 4.35. The van der Waals surface area contributed by atoms with Crippen molar-refractivity contribution < 1.29 is 0 Å². The van der Waals surface area contributed by atoms with Crippen molar-refractivity contribution in [3.63, 3.8) is 0 Å². The molecule has 0 spiro atoms. The molecule has 0 radical (unpaired) electrons. The zero-order valence-electron chi connectivity index (χ0n) is 11.4. The lowest BCUT2D eigenvalue weighted by Gasteiger charge is -2.13. The zero-order chi connectivity index (χ0) is 13.5. The number of nitrogens with one attached hydrogen (secondary N) is 2. The van der Waals surface area contributed by atoms with Crippen LogP contribution in [0.15, 0.2) is 23.1 Å². The molecule has 0 saturated carbocycles. The number of hydrogen-bond acceptors (Lipinski definition) is 4. The molecule has 1 heterocycles. The van der Waals surface area contributed by atoms with Crippen molar-refractivity contribution in [2.75, 3.05) is 24.2 Å². The largest absolute Gasteiger partial charge is 0.384 e. The van der Waals surface area contributed by atoms with Gasteiger partial charge < -0.3 is 10.6 Å². The molecule has 0 aromatic heterocycles. The summed E-state index contributed by atoms with van der Waals surface area (Å²) in [7, 11) is 0. The highest BCUT2D eigenvalue weighted by atomic mass is 32.2. The minimum atomic E-state index is 0.645. The molecule has 2 rings (SSSR count). The summed E-state index contributed by atoms with van der Waals surface area (Å²) >= 11 is 1.72. The molecule has 102 valence electrons. The number of nitrogens with zero attached hydrogens (tertiary/aromatic N) is 1. The molecule has 1 saturated heterocycles. The maximum absolute atomic E-state index is 9.32. The van der Waals surface area contributed by atoms with E-state index in [4.69, 9.17) is 0 Å². The van der Waals surface area contributed by atoms with Gasteiger partial charge in [0.05, 0.1) is 11.3 Å². The van der Waals surface area contributed by atoms with E-state index in [0.717, 1.165) is 41.4 Å². The fourth-order valence-electron chi connectivity index (χ4n) is 2.45. The lowest BCUT2D eigenvalue weighted by molar-refractivity contribution is 0.574. The number of hydrogen-bond donors (Lipinski definition) is 2. The highest BCUT2D eigenvalue weighted by molar-refractivity contribution is 7.99. The van der Waals surface area contributed by atoms with E-state index in [1.54, 1.807) is 11.8 Å². The molecular weight excluding hydrogens is 254 g/mol. The molecule has 0 unspecified atom stereocenters. The minimum absolute atomic E-state index is 0.645. The first-order chi connectivity index (χ1) is 9.35. The quantitative estimate of drug-likeness (QED) is 0.783. The van der Waals surface area contributed by atoms with Crippen LogP contribution in [0.4, 0.5) is 5.69 Å². The van der Waals surface area contributed by atoms with Crippen molar-refractivity contribution in [1.82, 2.24) is 5.32 Å². The summed E-state index contributed by atoms with van der Waals surface area (Å²) in [6.07, 6.45) is 3.69. The highest BCUT2D eigenvalue weighted by Gasteiger charge is 2.13. The molecule has 19 heavy (non-hydrogen) atoms. The summed E-state index contributed by atoms with van der Waals surface area (Å²) in [4.78, 5) is 1.08. The van der Waals surface area contributed by atoms with Crippen LogP contribution >= 0.6 is 11.8 Å². The fourth-order valence-corrected chi connectivity index (χ4v) is 3.24. The van der Waals surface area contributed by atoms with Gasteiger partial charge in [-0.1, -0.05) is 13.0 Å². The first kappa shape index (κ1) is 14.2. The Kier molecular flexibility index (Phi) is 5.56. The predicted octanol–water partition coefficient (Wildman–Crippen LogP) is 3.22. The second-order valence-corrected chi connectivity index (χ2v) is 6.04. The monoisotopic (exact) mass is 275 g/mol. The average molecular weight is 275 g/mol. The Morgan fingerprint density at radius 3 is 3.11 bits per heavy atom. The van der Waals surface area contributed by atoms with Gasteiger partial charge in [-0.15, -0.1) is 11.8 Å². The molecule has 0 aliphatic carbocycles. The minimum Gasteiger partial charge on any atom is -0.384 e. The van der Waals surface area contributed by atoms with Gasteiger partial charge in [0, 0.05) is 17.5 Å². The molecule has 1 atom stereocenters. The number of thioether (sulfide) groups is 1. The van der Waals surface area contributed by atoms with Crippen molar-refractivity contribution in [3.8, 4) is 6.07 Å². The maximum atomic E-state index is 9.32. The van der Waals surface area contributed by atoms with E-state index in [1.165, 1.54) is 12.8 Å². The Morgan fingerprint density at radius 2 is 2.42 bits per heavy atom. The van der Waals surface area contributed by atoms with E-state index in [0.29, 0.717) is 6.04 Å². The molecule has 3 nitrogen and oxygen atoms in total. The highest BCUT2D eigenvalue weighted by Crippen LogP contribution is 2.27. The van der Waals surface area contributed by atoms with E-state index in [-0.39, 0.29) is 0 Å². The van der Waals surface area contributed by atoms with Crippen LogP contribution in [0.5, 0.6) is 0 Å². The van der Waals surface area contributed by atoms with Crippen LogP contribution in [0.2, 0.25) is 0 Å². The third-order valence-electron chi connectivity index (χ3n) is 3.41. The van der Waals surface area contributed by atoms with Gasteiger partial charge in [-0.3, -0.25) is 0 Å². The van der Waals surface area contributed by atoms with E-state index >= 15 is 0 Å². The Balaban J connectivity index is 1.95. The number of rotatable bonds is 6. The van der Waals surface area contributed by atoms with E-state index in [1.807, 2.05) is 18.2 Å². The molecule has 1 aliphatic rings. The van der Waals surface area contributed by atoms with Crippen LogP contribution in [0, 0.1) is 11.3 Å². The maximum Gasteiger partial charge on any atom is 0.102 e. The van der Waals surface area contributed by atoms with E-state index < -0.39 is 0 Å². The van der Waals surface area contributed by atoms with Crippen LogP contribution in [-0.4, -0.2) is 24.9 Å². The van der Waals surface area contributed by atoms with Gasteiger partial charge in [0.1, 0.15) is 6.07 Å². The standard InChI is InChI=1S/C15H21N3S/c1-2-19-15-7-3-6-14(13(15)11-16)18-10-8-12-5-4-9-17-12/h3,6-7,12,17-18H,2,4-5,8-10H2,1H3/t12-/m1/s1. The van der Waals surface area contributed by atoms with Gasteiger partial charge in [-0.2, -0.15) is 5.26 Å². The molecule has 1 fully saturated rings. The van der Waals surface area contributed by atoms with Gasteiger partial charge in [0.25, 0.3) is 0 Å². The van der Waals surface area contributed by atoms with Crippen molar-refractivity contribution in [2.24, 2.45) is 0 Å². The first-order valence-electron chi connectivity index (χ1n) is 6.98. The van der Waals surface area contributed by atoms with Crippen molar-refractivity contribution in [2.45, 2.75) is 37.1 Å². The normalized spacial score (nSPS) is 18.2. The summed E-state index contributed by atoms with van der Waals surface area (Å²) in [5.74, 6) is 0.990. The second kappa shape index (κ2) is 7.42. The van der Waals surface area contributed by atoms with Crippen LogP contribution in [0.3, 0.4) is 0 Å². The summed E-state index contributed by atoms with van der Waals surface area (Å²) in [6.45, 7) is 4.18. The molecule has 1 aromatic carbocycles. The number of benzene rings is 1. The van der Waals surface area contributed by atoms with Crippen LogP contribution in [-0.2, 0) is 0 Å². The van der Waals surface area contributed by atoms with Crippen molar-refractivity contribution >= 4 is 17.4 Å². The average Bonchev–Trinajstić information content (AvgIpc) is 2.93. The van der Waals surface area contributed by atoms with E-state index in [9.17, 15) is 5.26 Å². The van der Waals surface area contributed by atoms with Gasteiger partial charge in [-0.25, -0.2) is 0 Å². The number of anilines is 1. The third kappa shape index (κ3) is 3.89. The summed E-state index contributed by atoms with van der Waals surface area (Å²) in [6, 6.07) is 9.02. The Hall–Kier alpha value is -1.18. The van der Waals surface area contributed by atoms with Crippen LogP contribution < -0.4 is 10.6 Å². The van der Waals surface area contributed by atoms with Crippen molar-refractivity contribution in [3.05, 3.63) is 23.8 Å². The fraction of sp³-hybridized carbons (Fsp3) is 0.533. The summed E-state index contributed by atoms with van der Waals surface area (Å²) in [5, 5.41) is 16.2. The smallest absolute Gasteiger partial charge is 0.102 e. The van der Waals surface area contributed by atoms with Gasteiger partial charge in [0.15, 0.2) is 0 Å². The SMILES string of the molecule is CCSc1cccc(NCC[C@H]2CCCN2)c1C#N. The van der Waals surface area contributed by atoms with Crippen molar-refractivity contribution in [1.29, 1.82) is 5.26 Å². The predicted molar refractivity (Wildman–Crippen MR) is 81.7 cm³/mol. The van der Waals surface area contributed by atoms with Gasteiger partial charge in [-0.05, 0) is 43.7 Å². The molecule has 2 N–H and O–H groups in total. The van der Waals surface area contributed by atoms with Gasteiger partial charge >= 0.3 is 0 Å². The molecule has 0 amide bonds. The lowest BCUT2D eigenvalue weighted by atomic mass is 10.1.